The molecule has 2 heteroatoms. The van der Waals surface area contributed by atoms with Crippen LogP contribution in [0, 0.1) is 5.41 Å². The number of nitrogens with zero attached hydrogens (tertiary/aromatic N) is 1. The number of rotatable bonds is 6. The molecule has 1 saturated carbocycles. The van der Waals surface area contributed by atoms with Crippen molar-refractivity contribution in [3.63, 3.8) is 0 Å². The summed E-state index contributed by atoms with van der Waals surface area (Å²) < 4.78 is 0. The molecule has 0 aromatic rings. The van der Waals surface area contributed by atoms with E-state index >= 15 is 0 Å². The van der Waals surface area contributed by atoms with E-state index in [1.807, 2.05) is 0 Å². The molecular weight excluding hydrogens is 220 g/mol. The molecule has 0 radical (unpaired) electrons. The van der Waals surface area contributed by atoms with E-state index in [1.54, 1.807) is 0 Å². The summed E-state index contributed by atoms with van der Waals surface area (Å²) in [5.41, 5.74) is 0.431. The van der Waals surface area contributed by atoms with Gasteiger partial charge < -0.3 is 5.32 Å². The van der Waals surface area contributed by atoms with Gasteiger partial charge in [-0.15, -0.1) is 0 Å². The highest BCUT2D eigenvalue weighted by atomic mass is 15.2. The van der Waals surface area contributed by atoms with Gasteiger partial charge in [-0.2, -0.15) is 0 Å². The summed E-state index contributed by atoms with van der Waals surface area (Å²) in [5, 5.41) is 3.84. The van der Waals surface area contributed by atoms with Crippen LogP contribution in [-0.2, 0) is 0 Å². The molecule has 0 aliphatic heterocycles. The van der Waals surface area contributed by atoms with Crippen molar-refractivity contribution in [2.45, 2.75) is 85.4 Å². The molecule has 2 atom stereocenters. The lowest BCUT2D eigenvalue weighted by Gasteiger charge is -2.50. The molecule has 2 nitrogen and oxygen atoms in total. The zero-order valence-electron chi connectivity index (χ0n) is 13.4. The van der Waals surface area contributed by atoms with Crippen LogP contribution in [0.25, 0.3) is 0 Å². The molecule has 1 fully saturated rings. The molecule has 1 N–H and O–H groups in total. The zero-order chi connectivity index (χ0) is 13.8. The summed E-state index contributed by atoms with van der Waals surface area (Å²) >= 11 is 0. The van der Waals surface area contributed by atoms with Crippen LogP contribution < -0.4 is 5.32 Å². The third-order valence-corrected chi connectivity index (χ3v) is 4.62. The highest BCUT2D eigenvalue weighted by molar-refractivity contribution is 4.98. The van der Waals surface area contributed by atoms with E-state index in [0.717, 1.165) is 6.54 Å². The molecule has 1 aliphatic rings. The predicted molar refractivity (Wildman–Crippen MR) is 81.0 cm³/mol. The smallest absolute Gasteiger partial charge is 0.0274 e. The Balaban J connectivity index is 2.83. The molecular formula is C16H34N2. The Morgan fingerprint density at radius 1 is 1.28 bits per heavy atom. The summed E-state index contributed by atoms with van der Waals surface area (Å²) in [6, 6.07) is 2.01. The van der Waals surface area contributed by atoms with Gasteiger partial charge in [0.25, 0.3) is 0 Å². The van der Waals surface area contributed by atoms with Gasteiger partial charge in [-0.05, 0) is 51.6 Å². The van der Waals surface area contributed by atoms with Crippen molar-refractivity contribution in [2.24, 2.45) is 5.41 Å². The second-order valence-corrected chi connectivity index (χ2v) is 6.80. The fraction of sp³-hybridized carbons (Fsp3) is 1.00. The molecule has 0 aromatic heterocycles. The Morgan fingerprint density at radius 3 is 2.44 bits per heavy atom. The van der Waals surface area contributed by atoms with E-state index in [-0.39, 0.29) is 0 Å². The van der Waals surface area contributed by atoms with Crippen molar-refractivity contribution in [3.05, 3.63) is 0 Å². The number of nitrogens with one attached hydrogen (secondary N) is 1. The molecule has 0 amide bonds. The van der Waals surface area contributed by atoms with E-state index in [1.165, 1.54) is 32.2 Å². The molecule has 1 rings (SSSR count). The quantitative estimate of drug-likeness (QED) is 0.778. The van der Waals surface area contributed by atoms with Crippen LogP contribution in [0.5, 0.6) is 0 Å². The molecule has 0 heterocycles. The van der Waals surface area contributed by atoms with Gasteiger partial charge in [0.1, 0.15) is 0 Å². The zero-order valence-corrected chi connectivity index (χ0v) is 13.4. The van der Waals surface area contributed by atoms with E-state index < -0.39 is 0 Å². The minimum absolute atomic E-state index is 0.431. The van der Waals surface area contributed by atoms with Crippen LogP contribution in [0.1, 0.15) is 67.2 Å². The van der Waals surface area contributed by atoms with Crippen LogP contribution in [0.2, 0.25) is 0 Å². The minimum atomic E-state index is 0.431. The van der Waals surface area contributed by atoms with Crippen LogP contribution in [-0.4, -0.2) is 36.1 Å². The fourth-order valence-electron chi connectivity index (χ4n) is 3.66. The first kappa shape index (κ1) is 16.0. The van der Waals surface area contributed by atoms with Crippen LogP contribution in [0.3, 0.4) is 0 Å². The maximum Gasteiger partial charge on any atom is 0.0274 e. The molecule has 0 spiro atoms. The summed E-state index contributed by atoms with van der Waals surface area (Å²) in [7, 11) is 0. The topological polar surface area (TPSA) is 15.3 Å². The fourth-order valence-corrected chi connectivity index (χ4v) is 3.66. The van der Waals surface area contributed by atoms with Crippen molar-refractivity contribution in [3.8, 4) is 0 Å². The van der Waals surface area contributed by atoms with Gasteiger partial charge in [-0.3, -0.25) is 4.90 Å². The predicted octanol–water partition coefficient (Wildman–Crippen LogP) is 3.66. The average Bonchev–Trinajstić information content (AvgIpc) is 2.27. The number of hydrogen-bond acceptors (Lipinski definition) is 2. The second kappa shape index (κ2) is 6.91. The highest BCUT2D eigenvalue weighted by Gasteiger charge is 2.41. The molecule has 0 saturated heterocycles. The number of likely N-dealkylation sites (N-methyl/N-ethyl adjacent to an activating group) is 1. The third kappa shape index (κ3) is 3.71. The van der Waals surface area contributed by atoms with Gasteiger partial charge in [0.2, 0.25) is 0 Å². The van der Waals surface area contributed by atoms with Crippen molar-refractivity contribution >= 4 is 0 Å². The molecule has 1 aliphatic carbocycles. The normalized spacial score (nSPS) is 28.0. The Labute approximate surface area is 115 Å². The molecule has 0 aromatic carbocycles. The van der Waals surface area contributed by atoms with Gasteiger partial charge in [-0.25, -0.2) is 0 Å². The maximum atomic E-state index is 3.84. The number of hydrogen-bond donors (Lipinski definition) is 1. The van der Waals surface area contributed by atoms with Crippen molar-refractivity contribution in [2.75, 3.05) is 13.1 Å². The van der Waals surface area contributed by atoms with Gasteiger partial charge in [0.05, 0.1) is 0 Å². The van der Waals surface area contributed by atoms with E-state index in [4.69, 9.17) is 0 Å². The molecule has 2 unspecified atom stereocenters. The van der Waals surface area contributed by atoms with Gasteiger partial charge >= 0.3 is 0 Å². The Bertz CT molecular complexity index is 235. The Hall–Kier alpha value is -0.0800. The molecule has 0 bridgehead atoms. The maximum absolute atomic E-state index is 3.84. The monoisotopic (exact) mass is 254 g/mol. The highest BCUT2D eigenvalue weighted by Crippen LogP contribution is 2.38. The van der Waals surface area contributed by atoms with Gasteiger partial charge in [0.15, 0.2) is 0 Å². The molecule has 108 valence electrons. The van der Waals surface area contributed by atoms with E-state index in [2.05, 4.69) is 51.8 Å². The largest absolute Gasteiger partial charge is 0.312 e. The summed E-state index contributed by atoms with van der Waals surface area (Å²) in [6.45, 7) is 16.4. The van der Waals surface area contributed by atoms with Crippen molar-refractivity contribution in [1.29, 1.82) is 0 Å². The van der Waals surface area contributed by atoms with Crippen LogP contribution in [0.4, 0.5) is 0 Å². The Kier molecular flexibility index (Phi) is 6.13. The third-order valence-electron chi connectivity index (χ3n) is 4.62. The van der Waals surface area contributed by atoms with E-state index in [0.29, 0.717) is 23.5 Å². The van der Waals surface area contributed by atoms with Crippen LogP contribution >= 0.6 is 0 Å². The van der Waals surface area contributed by atoms with Crippen LogP contribution in [0.15, 0.2) is 0 Å². The SMILES string of the molecule is CCCNC1C(N(CC)C(C)C)CCCC1(C)C. The standard InChI is InChI=1S/C16H34N2/c1-7-12-17-15-14(18(8-2)13(3)4)10-9-11-16(15,5)6/h13-15,17H,7-12H2,1-6H3. The second-order valence-electron chi connectivity index (χ2n) is 6.80. The summed E-state index contributed by atoms with van der Waals surface area (Å²) in [6.07, 6.45) is 5.33. The van der Waals surface area contributed by atoms with E-state index in [9.17, 15) is 0 Å². The lowest BCUT2D eigenvalue weighted by Crippen LogP contribution is -2.60. The summed E-state index contributed by atoms with van der Waals surface area (Å²) in [4.78, 5) is 2.69. The van der Waals surface area contributed by atoms with Gasteiger partial charge in [0, 0.05) is 18.1 Å². The summed E-state index contributed by atoms with van der Waals surface area (Å²) in [5.74, 6) is 0. The minimum Gasteiger partial charge on any atom is -0.312 e. The Morgan fingerprint density at radius 2 is 1.94 bits per heavy atom. The first-order valence-corrected chi connectivity index (χ1v) is 7.93. The lowest BCUT2D eigenvalue weighted by atomic mass is 9.70. The lowest BCUT2D eigenvalue weighted by molar-refractivity contribution is 0.0343. The van der Waals surface area contributed by atoms with Crippen molar-refractivity contribution < 1.29 is 0 Å². The molecule has 18 heavy (non-hydrogen) atoms. The van der Waals surface area contributed by atoms with Crippen molar-refractivity contribution in [1.82, 2.24) is 10.2 Å². The van der Waals surface area contributed by atoms with Gasteiger partial charge in [-0.1, -0.05) is 34.1 Å². The first-order valence-electron chi connectivity index (χ1n) is 7.93. The first-order chi connectivity index (χ1) is 8.44. The average molecular weight is 254 g/mol.